The second-order valence-electron chi connectivity index (χ2n) is 5.57. The predicted octanol–water partition coefficient (Wildman–Crippen LogP) is 3.23. The van der Waals surface area contributed by atoms with Gasteiger partial charge in [-0.3, -0.25) is 4.79 Å². The van der Waals surface area contributed by atoms with Gasteiger partial charge in [-0.1, -0.05) is 36.8 Å². The van der Waals surface area contributed by atoms with E-state index in [2.05, 4.69) is 22.7 Å². The van der Waals surface area contributed by atoms with E-state index in [4.69, 9.17) is 0 Å². The van der Waals surface area contributed by atoms with Gasteiger partial charge in [0.15, 0.2) is 0 Å². The van der Waals surface area contributed by atoms with Gasteiger partial charge in [-0.25, -0.2) is 5.43 Å². The number of carbonyl (C=O) groups is 1. The summed E-state index contributed by atoms with van der Waals surface area (Å²) in [6.07, 6.45) is 6.78. The predicted molar refractivity (Wildman–Crippen MR) is 76.0 cm³/mol. The molecule has 0 radical (unpaired) electrons. The van der Waals surface area contributed by atoms with E-state index in [1.165, 1.54) is 24.8 Å². The second-order valence-corrected chi connectivity index (χ2v) is 5.57. The van der Waals surface area contributed by atoms with Crippen LogP contribution < -0.4 is 5.43 Å². The zero-order valence-corrected chi connectivity index (χ0v) is 11.1. The Bertz CT molecular complexity index is 473. The van der Waals surface area contributed by atoms with E-state index in [0.717, 1.165) is 25.0 Å². The first-order chi connectivity index (χ1) is 9.34. The molecule has 0 saturated heterocycles. The summed E-state index contributed by atoms with van der Waals surface area (Å²) >= 11 is 0. The van der Waals surface area contributed by atoms with Gasteiger partial charge in [-0.15, -0.1) is 0 Å². The molecule has 0 aromatic heterocycles. The van der Waals surface area contributed by atoms with E-state index in [9.17, 15) is 4.79 Å². The molecule has 1 aromatic carbocycles. The molecule has 0 bridgehead atoms. The van der Waals surface area contributed by atoms with Gasteiger partial charge in [0.1, 0.15) is 0 Å². The number of hydrogen-bond donors (Lipinski definition) is 1. The summed E-state index contributed by atoms with van der Waals surface area (Å²) in [7, 11) is 0. The van der Waals surface area contributed by atoms with Gasteiger partial charge in [0.25, 0.3) is 0 Å². The van der Waals surface area contributed by atoms with Crippen molar-refractivity contribution in [2.45, 2.75) is 44.4 Å². The zero-order chi connectivity index (χ0) is 13.1. The number of hydrazone groups is 1. The maximum Gasteiger partial charge on any atom is 0.243 e. The van der Waals surface area contributed by atoms with Crippen LogP contribution in [0.15, 0.2) is 35.4 Å². The normalized spacial score (nSPS) is 25.8. The third kappa shape index (κ3) is 3.03. The highest BCUT2D eigenvalue weighted by Crippen LogP contribution is 2.47. The van der Waals surface area contributed by atoms with Crippen LogP contribution in [0, 0.1) is 5.92 Å². The number of hydrogen-bond acceptors (Lipinski definition) is 2. The molecule has 0 spiro atoms. The third-order valence-electron chi connectivity index (χ3n) is 4.11. The molecule has 0 unspecified atom stereocenters. The Balaban J connectivity index is 1.52. The molecule has 3 nitrogen and oxygen atoms in total. The van der Waals surface area contributed by atoms with E-state index >= 15 is 0 Å². The maximum absolute atomic E-state index is 12.0. The maximum atomic E-state index is 12.0. The molecule has 2 atom stereocenters. The Morgan fingerprint density at radius 1 is 1.11 bits per heavy atom. The molecule has 0 heterocycles. The average Bonchev–Trinajstić information content (AvgIpc) is 3.27. The molecule has 3 rings (SSSR count). The number of nitrogens with one attached hydrogen (secondary N) is 1. The minimum Gasteiger partial charge on any atom is -0.273 e. The summed E-state index contributed by atoms with van der Waals surface area (Å²) in [5.41, 5.74) is 5.20. The summed E-state index contributed by atoms with van der Waals surface area (Å²) in [6, 6.07) is 10.3. The molecular formula is C16H20N2O. The molecular weight excluding hydrogens is 236 g/mol. The van der Waals surface area contributed by atoms with E-state index in [0.29, 0.717) is 5.92 Å². The number of carbonyl (C=O) groups excluding carboxylic acids is 1. The van der Waals surface area contributed by atoms with Crippen LogP contribution in [0.4, 0.5) is 0 Å². The lowest BCUT2D eigenvalue weighted by Gasteiger charge is -2.11. The molecule has 2 aliphatic rings. The first-order valence-corrected chi connectivity index (χ1v) is 7.25. The molecule has 1 aromatic rings. The summed E-state index contributed by atoms with van der Waals surface area (Å²) in [4.78, 5) is 12.0. The van der Waals surface area contributed by atoms with Gasteiger partial charge in [0.05, 0.1) is 0 Å². The number of rotatable bonds is 3. The highest BCUT2D eigenvalue weighted by atomic mass is 16.2. The number of benzene rings is 1. The standard InChI is InChI=1S/C16H20N2O/c19-16(18-17-13-9-5-2-6-10-13)15-11-14(15)12-7-3-1-4-8-12/h1,3-4,7-8,14-15H,2,5-6,9-11H2,(H,18,19)/t14-,15-/m0/s1. The van der Waals surface area contributed by atoms with Crippen molar-refractivity contribution in [2.75, 3.05) is 0 Å². The monoisotopic (exact) mass is 256 g/mol. The summed E-state index contributed by atoms with van der Waals surface area (Å²) in [5, 5.41) is 4.29. The molecule has 2 fully saturated rings. The van der Waals surface area contributed by atoms with E-state index < -0.39 is 0 Å². The van der Waals surface area contributed by atoms with E-state index in [1.807, 2.05) is 18.2 Å². The largest absolute Gasteiger partial charge is 0.273 e. The summed E-state index contributed by atoms with van der Waals surface area (Å²) in [6.45, 7) is 0. The van der Waals surface area contributed by atoms with Crippen LogP contribution in [0.1, 0.15) is 50.0 Å². The first-order valence-electron chi connectivity index (χ1n) is 7.25. The van der Waals surface area contributed by atoms with Crippen molar-refractivity contribution in [1.82, 2.24) is 5.43 Å². The van der Waals surface area contributed by atoms with Crippen molar-refractivity contribution in [3.05, 3.63) is 35.9 Å². The average molecular weight is 256 g/mol. The SMILES string of the molecule is O=C(NN=C1CCCCC1)[C@H]1C[C@H]1c1ccccc1. The van der Waals surface area contributed by atoms with Gasteiger partial charge in [0.2, 0.25) is 5.91 Å². The van der Waals surface area contributed by atoms with Crippen molar-refractivity contribution >= 4 is 11.6 Å². The minimum atomic E-state index is 0.0897. The van der Waals surface area contributed by atoms with Crippen molar-refractivity contribution in [3.63, 3.8) is 0 Å². The molecule has 2 aliphatic carbocycles. The van der Waals surface area contributed by atoms with Gasteiger partial charge >= 0.3 is 0 Å². The van der Waals surface area contributed by atoms with Crippen LogP contribution in [-0.2, 0) is 4.79 Å². The Hall–Kier alpha value is -1.64. The van der Waals surface area contributed by atoms with Crippen LogP contribution in [0.5, 0.6) is 0 Å². The van der Waals surface area contributed by atoms with Gasteiger partial charge < -0.3 is 0 Å². The minimum absolute atomic E-state index is 0.0897. The van der Waals surface area contributed by atoms with Crippen molar-refractivity contribution in [1.29, 1.82) is 0 Å². The quantitative estimate of drug-likeness (QED) is 0.829. The fraction of sp³-hybridized carbons (Fsp3) is 0.500. The second kappa shape index (κ2) is 5.55. The number of nitrogens with zero attached hydrogens (tertiary/aromatic N) is 1. The molecule has 1 amide bonds. The molecule has 19 heavy (non-hydrogen) atoms. The van der Waals surface area contributed by atoms with E-state index in [1.54, 1.807) is 0 Å². The summed E-state index contributed by atoms with van der Waals surface area (Å²) in [5.74, 6) is 0.607. The number of amides is 1. The smallest absolute Gasteiger partial charge is 0.243 e. The highest BCUT2D eigenvalue weighted by molar-refractivity contribution is 5.88. The fourth-order valence-electron chi connectivity index (χ4n) is 2.84. The zero-order valence-electron chi connectivity index (χ0n) is 11.1. The van der Waals surface area contributed by atoms with Crippen LogP contribution in [0.3, 0.4) is 0 Å². The Morgan fingerprint density at radius 2 is 1.84 bits per heavy atom. The lowest BCUT2D eigenvalue weighted by molar-refractivity contribution is -0.122. The topological polar surface area (TPSA) is 41.5 Å². The first kappa shape index (κ1) is 12.4. The van der Waals surface area contributed by atoms with Gasteiger partial charge in [-0.2, -0.15) is 5.10 Å². The van der Waals surface area contributed by atoms with E-state index in [-0.39, 0.29) is 11.8 Å². The molecule has 0 aliphatic heterocycles. The molecule has 1 N–H and O–H groups in total. The highest BCUT2D eigenvalue weighted by Gasteiger charge is 2.43. The van der Waals surface area contributed by atoms with Crippen molar-refractivity contribution in [2.24, 2.45) is 11.0 Å². The fourth-order valence-corrected chi connectivity index (χ4v) is 2.84. The van der Waals surface area contributed by atoms with Crippen LogP contribution in [0.2, 0.25) is 0 Å². The van der Waals surface area contributed by atoms with Crippen LogP contribution >= 0.6 is 0 Å². The van der Waals surface area contributed by atoms with Gasteiger partial charge in [-0.05, 0) is 43.6 Å². The Morgan fingerprint density at radius 3 is 2.58 bits per heavy atom. The molecule has 2 saturated carbocycles. The van der Waals surface area contributed by atoms with Gasteiger partial charge in [0, 0.05) is 11.6 Å². The molecule has 3 heteroatoms. The van der Waals surface area contributed by atoms with Crippen molar-refractivity contribution < 1.29 is 4.79 Å². The lowest BCUT2D eigenvalue weighted by atomic mass is 9.99. The Kier molecular flexibility index (Phi) is 3.62. The van der Waals surface area contributed by atoms with Crippen molar-refractivity contribution in [3.8, 4) is 0 Å². The van der Waals surface area contributed by atoms with Crippen LogP contribution in [-0.4, -0.2) is 11.6 Å². The lowest BCUT2D eigenvalue weighted by Crippen LogP contribution is -2.22. The van der Waals surface area contributed by atoms with Crippen LogP contribution in [0.25, 0.3) is 0 Å². The summed E-state index contributed by atoms with van der Waals surface area (Å²) < 4.78 is 0. The third-order valence-corrected chi connectivity index (χ3v) is 4.11. The Labute approximate surface area is 114 Å². The molecule has 100 valence electrons.